The topological polar surface area (TPSA) is 41.5 Å². The maximum Gasteiger partial charge on any atom is 0.122 e. The van der Waals surface area contributed by atoms with Crippen molar-refractivity contribution in [1.29, 1.82) is 0 Å². The fourth-order valence-electron chi connectivity index (χ4n) is 1.99. The molecule has 1 aromatic carbocycles. The van der Waals surface area contributed by atoms with Gasteiger partial charge in [0.1, 0.15) is 5.75 Å². The van der Waals surface area contributed by atoms with Crippen molar-refractivity contribution in [2.24, 2.45) is 0 Å². The molecule has 2 N–H and O–H groups in total. The Hall–Kier alpha value is -1.06. The highest BCUT2D eigenvalue weighted by atomic mass is 16.5. The molecule has 0 aliphatic heterocycles. The van der Waals surface area contributed by atoms with Crippen LogP contribution in [0.4, 0.5) is 0 Å². The average molecular weight is 223 g/mol. The van der Waals surface area contributed by atoms with Crippen molar-refractivity contribution < 1.29 is 9.84 Å². The zero-order valence-electron chi connectivity index (χ0n) is 10.6. The molecule has 3 nitrogen and oxygen atoms in total. The number of aryl methyl sites for hydroxylation is 1. The van der Waals surface area contributed by atoms with E-state index < -0.39 is 0 Å². The van der Waals surface area contributed by atoms with Crippen molar-refractivity contribution >= 4 is 0 Å². The predicted molar refractivity (Wildman–Crippen MR) is 66.0 cm³/mol. The molecule has 1 aromatic rings. The van der Waals surface area contributed by atoms with E-state index in [0.717, 1.165) is 18.7 Å². The van der Waals surface area contributed by atoms with E-state index in [4.69, 9.17) is 9.84 Å². The smallest absolute Gasteiger partial charge is 0.122 e. The Morgan fingerprint density at radius 2 is 1.94 bits per heavy atom. The van der Waals surface area contributed by atoms with Crippen LogP contribution >= 0.6 is 0 Å². The van der Waals surface area contributed by atoms with Gasteiger partial charge in [-0.05, 0) is 55.5 Å². The molecule has 16 heavy (non-hydrogen) atoms. The Kier molecular flexibility index (Phi) is 4.77. The van der Waals surface area contributed by atoms with Crippen LogP contribution in [0.3, 0.4) is 0 Å². The highest BCUT2D eigenvalue weighted by molar-refractivity contribution is 5.48. The van der Waals surface area contributed by atoms with Crippen molar-refractivity contribution in [1.82, 2.24) is 5.32 Å². The minimum Gasteiger partial charge on any atom is -0.496 e. The van der Waals surface area contributed by atoms with Gasteiger partial charge in [0.25, 0.3) is 0 Å². The van der Waals surface area contributed by atoms with Gasteiger partial charge >= 0.3 is 0 Å². The molecular weight excluding hydrogens is 202 g/mol. The molecule has 0 aromatic heterocycles. The molecule has 3 heteroatoms. The van der Waals surface area contributed by atoms with Gasteiger partial charge in [0, 0.05) is 6.54 Å². The fraction of sp³-hybridized carbons (Fsp3) is 0.538. The normalized spacial score (nSPS) is 10.6. The summed E-state index contributed by atoms with van der Waals surface area (Å²) >= 11 is 0. The summed E-state index contributed by atoms with van der Waals surface area (Å²) in [6.45, 7) is 7.14. The number of hydrogen-bond acceptors (Lipinski definition) is 3. The molecule has 0 radical (unpaired) electrons. The molecule has 0 amide bonds. The van der Waals surface area contributed by atoms with Crippen molar-refractivity contribution in [3.63, 3.8) is 0 Å². The van der Waals surface area contributed by atoms with Gasteiger partial charge in [-0.25, -0.2) is 0 Å². The Morgan fingerprint density at radius 1 is 1.25 bits per heavy atom. The third-order valence-corrected chi connectivity index (χ3v) is 3.09. The van der Waals surface area contributed by atoms with Crippen molar-refractivity contribution in [3.8, 4) is 5.75 Å². The number of methoxy groups -OCH3 is 1. The molecule has 0 bridgehead atoms. The second-order valence-electron chi connectivity index (χ2n) is 4.03. The molecule has 0 spiro atoms. The zero-order chi connectivity index (χ0) is 12.1. The quantitative estimate of drug-likeness (QED) is 0.590. The summed E-state index contributed by atoms with van der Waals surface area (Å²) in [4.78, 5) is 0. The Labute approximate surface area is 97.4 Å². The summed E-state index contributed by atoms with van der Waals surface area (Å²) in [6, 6.07) is 2.08. The van der Waals surface area contributed by atoms with Crippen molar-refractivity contribution in [2.75, 3.05) is 20.4 Å². The van der Waals surface area contributed by atoms with Gasteiger partial charge in [-0.3, -0.25) is 5.32 Å². The minimum absolute atomic E-state index is 0.0350. The van der Waals surface area contributed by atoms with Crippen LogP contribution in [0.1, 0.15) is 22.3 Å². The molecule has 0 heterocycles. The second-order valence-corrected chi connectivity index (χ2v) is 4.03. The van der Waals surface area contributed by atoms with Crippen LogP contribution in [-0.4, -0.2) is 25.5 Å². The lowest BCUT2D eigenvalue weighted by Crippen LogP contribution is -2.18. The van der Waals surface area contributed by atoms with Crippen LogP contribution in [0.5, 0.6) is 5.75 Å². The van der Waals surface area contributed by atoms with Crippen molar-refractivity contribution in [3.05, 3.63) is 28.3 Å². The Morgan fingerprint density at radius 3 is 2.50 bits per heavy atom. The first-order valence-corrected chi connectivity index (χ1v) is 5.57. The van der Waals surface area contributed by atoms with E-state index in [-0.39, 0.29) is 6.73 Å². The molecule has 0 unspecified atom stereocenters. The fourth-order valence-corrected chi connectivity index (χ4v) is 1.99. The highest BCUT2D eigenvalue weighted by Gasteiger charge is 2.09. The SMILES string of the molecule is COc1cc(C)c(CCNCO)c(C)c1C. The summed E-state index contributed by atoms with van der Waals surface area (Å²) in [5, 5.41) is 11.6. The minimum atomic E-state index is 0.0350. The first-order chi connectivity index (χ1) is 7.61. The molecule has 0 fully saturated rings. The van der Waals surface area contributed by atoms with Gasteiger partial charge in [-0.2, -0.15) is 0 Å². The summed E-state index contributed by atoms with van der Waals surface area (Å²) in [6.07, 6.45) is 0.934. The maximum absolute atomic E-state index is 8.69. The summed E-state index contributed by atoms with van der Waals surface area (Å²) < 4.78 is 5.33. The van der Waals surface area contributed by atoms with E-state index in [1.165, 1.54) is 22.3 Å². The average Bonchev–Trinajstić information content (AvgIpc) is 2.28. The lowest BCUT2D eigenvalue weighted by Gasteiger charge is -2.16. The van der Waals surface area contributed by atoms with E-state index in [2.05, 4.69) is 32.2 Å². The lowest BCUT2D eigenvalue weighted by molar-refractivity contribution is 0.262. The molecule has 0 saturated carbocycles. The van der Waals surface area contributed by atoms with Crippen LogP contribution < -0.4 is 10.1 Å². The van der Waals surface area contributed by atoms with Crippen LogP contribution in [0, 0.1) is 20.8 Å². The predicted octanol–water partition coefficient (Wildman–Crippen LogP) is 1.70. The molecular formula is C13H21NO2. The summed E-state index contributed by atoms with van der Waals surface area (Å²) in [5.74, 6) is 0.953. The third-order valence-electron chi connectivity index (χ3n) is 3.09. The lowest BCUT2D eigenvalue weighted by atomic mass is 9.95. The molecule has 0 aliphatic rings. The molecule has 0 aliphatic carbocycles. The molecule has 0 saturated heterocycles. The van der Waals surface area contributed by atoms with E-state index in [1.807, 2.05) is 0 Å². The van der Waals surface area contributed by atoms with Crippen LogP contribution in [0.2, 0.25) is 0 Å². The number of ether oxygens (including phenoxy) is 1. The summed E-state index contributed by atoms with van der Waals surface area (Å²) in [7, 11) is 1.70. The van der Waals surface area contributed by atoms with Crippen LogP contribution in [0.25, 0.3) is 0 Å². The number of benzene rings is 1. The number of aliphatic hydroxyl groups excluding tert-OH is 1. The van der Waals surface area contributed by atoms with Crippen LogP contribution in [0.15, 0.2) is 6.07 Å². The third kappa shape index (κ3) is 2.74. The Bertz CT molecular complexity index is 361. The highest BCUT2D eigenvalue weighted by Crippen LogP contribution is 2.27. The molecule has 0 atom stereocenters. The molecule has 90 valence electrons. The first kappa shape index (κ1) is 13.0. The van der Waals surface area contributed by atoms with E-state index in [0.29, 0.717) is 0 Å². The zero-order valence-corrected chi connectivity index (χ0v) is 10.6. The second kappa shape index (κ2) is 5.87. The standard InChI is InChI=1S/C13H21NO2/c1-9-7-13(16-4)11(3)10(2)12(9)5-6-14-8-15/h7,14-15H,5-6,8H2,1-4H3. The maximum atomic E-state index is 8.69. The largest absolute Gasteiger partial charge is 0.496 e. The Balaban J connectivity index is 2.96. The summed E-state index contributed by atoms with van der Waals surface area (Å²) in [5.41, 5.74) is 5.09. The van der Waals surface area contributed by atoms with E-state index in [1.54, 1.807) is 7.11 Å². The number of aliphatic hydroxyl groups is 1. The van der Waals surface area contributed by atoms with E-state index in [9.17, 15) is 0 Å². The van der Waals surface area contributed by atoms with Crippen molar-refractivity contribution in [2.45, 2.75) is 27.2 Å². The molecule has 1 rings (SSSR count). The number of rotatable bonds is 5. The van der Waals surface area contributed by atoms with Gasteiger partial charge in [-0.15, -0.1) is 0 Å². The monoisotopic (exact) mass is 223 g/mol. The van der Waals surface area contributed by atoms with Gasteiger partial charge in [0.05, 0.1) is 13.8 Å². The van der Waals surface area contributed by atoms with Gasteiger partial charge in [0.15, 0.2) is 0 Å². The number of hydrogen-bond donors (Lipinski definition) is 2. The van der Waals surface area contributed by atoms with Gasteiger partial charge < -0.3 is 9.84 Å². The van der Waals surface area contributed by atoms with Gasteiger partial charge in [-0.1, -0.05) is 0 Å². The van der Waals surface area contributed by atoms with Gasteiger partial charge in [0.2, 0.25) is 0 Å². The first-order valence-electron chi connectivity index (χ1n) is 5.57. The number of nitrogens with one attached hydrogen (secondary N) is 1. The van der Waals surface area contributed by atoms with E-state index >= 15 is 0 Å². The van der Waals surface area contributed by atoms with Crippen LogP contribution in [-0.2, 0) is 6.42 Å².